The van der Waals surface area contributed by atoms with Gasteiger partial charge in [0.1, 0.15) is 5.75 Å². The molecule has 2 aromatic carbocycles. The molecule has 0 N–H and O–H groups in total. The second-order valence-electron chi connectivity index (χ2n) is 6.54. The Morgan fingerprint density at radius 2 is 1.88 bits per heavy atom. The van der Waals surface area contributed by atoms with Gasteiger partial charge in [-0.25, -0.2) is 0 Å². The van der Waals surface area contributed by atoms with Crippen LogP contribution in [0.15, 0.2) is 42.5 Å². The van der Waals surface area contributed by atoms with Gasteiger partial charge in [0.2, 0.25) is 0 Å². The summed E-state index contributed by atoms with van der Waals surface area (Å²) in [6, 6.07) is 14.4. The Labute approximate surface area is 144 Å². The molecule has 3 nitrogen and oxygen atoms in total. The molecule has 1 aliphatic rings. The van der Waals surface area contributed by atoms with Crippen molar-refractivity contribution < 1.29 is 9.53 Å². The van der Waals surface area contributed by atoms with Gasteiger partial charge in [0.05, 0.1) is 0 Å². The van der Waals surface area contributed by atoms with Crippen LogP contribution in [0.3, 0.4) is 0 Å². The third-order valence-corrected chi connectivity index (χ3v) is 4.85. The number of amides is 1. The number of rotatable bonds is 4. The molecule has 1 atom stereocenters. The van der Waals surface area contributed by atoms with Crippen LogP contribution in [0.5, 0.6) is 5.75 Å². The molecule has 0 saturated carbocycles. The Bertz CT molecular complexity index is 738. The minimum Gasteiger partial charge on any atom is -0.481 e. The van der Waals surface area contributed by atoms with E-state index in [1.165, 1.54) is 22.3 Å². The van der Waals surface area contributed by atoms with Gasteiger partial charge in [-0.1, -0.05) is 37.3 Å². The molecule has 1 amide bonds. The number of ether oxygens (including phenoxy) is 1. The summed E-state index contributed by atoms with van der Waals surface area (Å²) in [7, 11) is 0. The molecule has 0 fully saturated rings. The first-order valence-corrected chi connectivity index (χ1v) is 8.68. The molecule has 2 aromatic rings. The topological polar surface area (TPSA) is 29.5 Å². The van der Waals surface area contributed by atoms with E-state index in [0.717, 1.165) is 18.7 Å². The molecule has 126 valence electrons. The van der Waals surface area contributed by atoms with Gasteiger partial charge in [0, 0.05) is 13.1 Å². The molecule has 3 heteroatoms. The first-order chi connectivity index (χ1) is 11.6. The van der Waals surface area contributed by atoms with Crippen LogP contribution in [0, 0.1) is 13.8 Å². The summed E-state index contributed by atoms with van der Waals surface area (Å²) in [5.74, 6) is 0.862. The van der Waals surface area contributed by atoms with Gasteiger partial charge in [0.15, 0.2) is 6.10 Å². The van der Waals surface area contributed by atoms with E-state index in [-0.39, 0.29) is 5.91 Å². The van der Waals surface area contributed by atoms with Crippen molar-refractivity contribution in [1.29, 1.82) is 0 Å². The molecular weight excluding hydrogens is 298 g/mol. The van der Waals surface area contributed by atoms with Crippen molar-refractivity contribution in [3.05, 3.63) is 64.7 Å². The molecule has 0 radical (unpaired) electrons. The number of carbonyl (C=O) groups excluding carboxylic acids is 1. The number of hydrogen-bond donors (Lipinski definition) is 0. The van der Waals surface area contributed by atoms with E-state index in [4.69, 9.17) is 4.74 Å². The maximum atomic E-state index is 12.9. The van der Waals surface area contributed by atoms with Crippen LogP contribution in [0.2, 0.25) is 0 Å². The predicted molar refractivity (Wildman–Crippen MR) is 96.2 cm³/mol. The quantitative estimate of drug-likeness (QED) is 0.849. The first-order valence-electron chi connectivity index (χ1n) is 8.68. The molecule has 1 heterocycles. The van der Waals surface area contributed by atoms with Gasteiger partial charge in [-0.3, -0.25) is 4.79 Å². The Morgan fingerprint density at radius 1 is 1.12 bits per heavy atom. The Kier molecular flexibility index (Phi) is 4.89. The third-order valence-electron chi connectivity index (χ3n) is 4.85. The summed E-state index contributed by atoms with van der Waals surface area (Å²) < 4.78 is 6.01. The zero-order chi connectivity index (χ0) is 17.1. The molecule has 0 spiro atoms. The second-order valence-corrected chi connectivity index (χ2v) is 6.54. The van der Waals surface area contributed by atoms with Gasteiger partial charge in [-0.2, -0.15) is 0 Å². The summed E-state index contributed by atoms with van der Waals surface area (Å²) >= 11 is 0. The summed E-state index contributed by atoms with van der Waals surface area (Å²) in [6.07, 6.45) is 1.17. The van der Waals surface area contributed by atoms with E-state index in [0.29, 0.717) is 13.0 Å². The number of hydrogen-bond acceptors (Lipinski definition) is 2. The number of aryl methyl sites for hydroxylation is 2. The van der Waals surface area contributed by atoms with E-state index in [2.05, 4.69) is 32.0 Å². The molecule has 24 heavy (non-hydrogen) atoms. The van der Waals surface area contributed by atoms with Crippen molar-refractivity contribution in [3.8, 4) is 5.75 Å². The van der Waals surface area contributed by atoms with E-state index in [1.54, 1.807) is 0 Å². The highest BCUT2D eigenvalue weighted by Crippen LogP contribution is 2.22. The van der Waals surface area contributed by atoms with Crippen molar-refractivity contribution in [2.24, 2.45) is 0 Å². The third kappa shape index (κ3) is 3.45. The van der Waals surface area contributed by atoms with Crippen molar-refractivity contribution in [1.82, 2.24) is 4.90 Å². The zero-order valence-corrected chi connectivity index (χ0v) is 14.7. The van der Waals surface area contributed by atoms with Gasteiger partial charge in [-0.05, 0) is 61.1 Å². The van der Waals surface area contributed by atoms with Crippen LogP contribution >= 0.6 is 0 Å². The highest BCUT2D eigenvalue weighted by molar-refractivity contribution is 5.81. The lowest BCUT2D eigenvalue weighted by Gasteiger charge is -2.31. The average Bonchev–Trinajstić information content (AvgIpc) is 2.61. The molecule has 0 bridgehead atoms. The SMILES string of the molecule is CC[C@H](Oc1ccc(C)c(C)c1)C(=O)N1CCc2ccccc2C1. The van der Waals surface area contributed by atoms with E-state index < -0.39 is 6.10 Å². The van der Waals surface area contributed by atoms with Crippen LogP contribution in [0.25, 0.3) is 0 Å². The van der Waals surface area contributed by atoms with E-state index in [1.807, 2.05) is 36.1 Å². The number of carbonyl (C=O) groups is 1. The minimum absolute atomic E-state index is 0.0882. The Hall–Kier alpha value is -2.29. The summed E-state index contributed by atoms with van der Waals surface area (Å²) in [5, 5.41) is 0. The maximum absolute atomic E-state index is 12.9. The number of nitrogens with zero attached hydrogens (tertiary/aromatic N) is 1. The molecule has 0 saturated heterocycles. The fourth-order valence-corrected chi connectivity index (χ4v) is 3.15. The fourth-order valence-electron chi connectivity index (χ4n) is 3.15. The van der Waals surface area contributed by atoms with Gasteiger partial charge in [-0.15, -0.1) is 0 Å². The summed E-state index contributed by atoms with van der Waals surface area (Å²) in [4.78, 5) is 14.8. The molecule has 0 aromatic heterocycles. The minimum atomic E-state index is -0.419. The van der Waals surface area contributed by atoms with Crippen LogP contribution < -0.4 is 4.74 Å². The first kappa shape index (κ1) is 16.6. The second kappa shape index (κ2) is 7.08. The highest BCUT2D eigenvalue weighted by Gasteiger charge is 2.27. The predicted octanol–water partition coefficient (Wildman–Crippen LogP) is 4.05. The molecule has 0 unspecified atom stereocenters. The molecule has 3 rings (SSSR count). The van der Waals surface area contributed by atoms with Crippen LogP contribution in [-0.2, 0) is 17.8 Å². The molecule has 1 aliphatic heterocycles. The smallest absolute Gasteiger partial charge is 0.263 e. The average molecular weight is 323 g/mol. The zero-order valence-electron chi connectivity index (χ0n) is 14.7. The van der Waals surface area contributed by atoms with Crippen LogP contribution in [0.4, 0.5) is 0 Å². The lowest BCUT2D eigenvalue weighted by atomic mass is 9.99. The standard InChI is InChI=1S/C21H25NO2/c1-4-20(24-19-10-9-15(2)16(3)13-19)21(23)22-12-11-17-7-5-6-8-18(17)14-22/h5-10,13,20H,4,11-12,14H2,1-3H3/t20-/m0/s1. The summed E-state index contributed by atoms with van der Waals surface area (Å²) in [5.41, 5.74) is 5.01. The lowest BCUT2D eigenvalue weighted by Crippen LogP contribution is -2.44. The number of fused-ring (bicyclic) bond motifs is 1. The van der Waals surface area contributed by atoms with E-state index in [9.17, 15) is 4.79 Å². The Morgan fingerprint density at radius 3 is 2.58 bits per heavy atom. The van der Waals surface area contributed by atoms with Gasteiger partial charge in [0.25, 0.3) is 5.91 Å². The van der Waals surface area contributed by atoms with Crippen molar-refractivity contribution in [3.63, 3.8) is 0 Å². The normalized spacial score (nSPS) is 14.9. The monoisotopic (exact) mass is 323 g/mol. The van der Waals surface area contributed by atoms with Gasteiger partial charge < -0.3 is 9.64 Å². The van der Waals surface area contributed by atoms with Crippen molar-refractivity contribution in [2.75, 3.05) is 6.54 Å². The van der Waals surface area contributed by atoms with Gasteiger partial charge >= 0.3 is 0 Å². The van der Waals surface area contributed by atoms with Crippen LogP contribution in [0.1, 0.15) is 35.6 Å². The Balaban J connectivity index is 1.71. The molecular formula is C21H25NO2. The van der Waals surface area contributed by atoms with Crippen molar-refractivity contribution >= 4 is 5.91 Å². The maximum Gasteiger partial charge on any atom is 0.263 e. The summed E-state index contributed by atoms with van der Waals surface area (Å²) in [6.45, 7) is 7.59. The van der Waals surface area contributed by atoms with E-state index >= 15 is 0 Å². The largest absolute Gasteiger partial charge is 0.481 e. The highest BCUT2D eigenvalue weighted by atomic mass is 16.5. The number of benzene rings is 2. The van der Waals surface area contributed by atoms with Crippen LogP contribution in [-0.4, -0.2) is 23.5 Å². The fraction of sp³-hybridized carbons (Fsp3) is 0.381. The lowest BCUT2D eigenvalue weighted by molar-refractivity contribution is -0.139. The van der Waals surface area contributed by atoms with Crippen molar-refractivity contribution in [2.45, 2.75) is 46.3 Å². The molecule has 0 aliphatic carbocycles.